The standard InChI is InChI=1S/C20H25N3O2/c1-16-6-5-7-17(14-16)15-22-10-12-23(13-11-22)20(24)21-18-8-3-4-9-19(18)25-2/h3-9,14H,10-13,15H2,1-2H3,(H,21,24). The van der Waals surface area contributed by atoms with Crippen molar-refractivity contribution >= 4 is 11.7 Å². The van der Waals surface area contributed by atoms with Gasteiger partial charge in [-0.15, -0.1) is 0 Å². The number of ether oxygens (including phenoxy) is 1. The van der Waals surface area contributed by atoms with Crippen LogP contribution in [0.5, 0.6) is 5.75 Å². The molecule has 3 rings (SSSR count). The monoisotopic (exact) mass is 339 g/mol. The van der Waals surface area contributed by atoms with E-state index >= 15 is 0 Å². The summed E-state index contributed by atoms with van der Waals surface area (Å²) in [6.45, 7) is 6.27. The van der Waals surface area contributed by atoms with E-state index in [9.17, 15) is 4.79 Å². The van der Waals surface area contributed by atoms with E-state index < -0.39 is 0 Å². The molecular formula is C20H25N3O2. The zero-order chi connectivity index (χ0) is 17.6. The number of hydrogen-bond acceptors (Lipinski definition) is 3. The van der Waals surface area contributed by atoms with Crippen LogP contribution in [0.1, 0.15) is 11.1 Å². The number of urea groups is 1. The Kier molecular flexibility index (Phi) is 5.56. The second-order valence-corrected chi connectivity index (χ2v) is 6.38. The summed E-state index contributed by atoms with van der Waals surface area (Å²) in [4.78, 5) is 16.7. The minimum atomic E-state index is -0.0697. The van der Waals surface area contributed by atoms with Crippen molar-refractivity contribution in [1.29, 1.82) is 0 Å². The molecule has 0 aliphatic carbocycles. The number of rotatable bonds is 4. The van der Waals surface area contributed by atoms with Crippen LogP contribution < -0.4 is 10.1 Å². The first-order valence-electron chi connectivity index (χ1n) is 8.62. The molecule has 1 aliphatic rings. The smallest absolute Gasteiger partial charge is 0.322 e. The summed E-state index contributed by atoms with van der Waals surface area (Å²) >= 11 is 0. The molecule has 2 aromatic rings. The van der Waals surface area contributed by atoms with Crippen LogP contribution >= 0.6 is 0 Å². The Balaban J connectivity index is 1.52. The van der Waals surface area contributed by atoms with Crippen molar-refractivity contribution in [2.75, 3.05) is 38.6 Å². The number of nitrogens with one attached hydrogen (secondary N) is 1. The molecule has 2 aromatic carbocycles. The number of carbonyl (C=O) groups is 1. The minimum absolute atomic E-state index is 0.0697. The Labute approximate surface area is 149 Å². The molecule has 0 aromatic heterocycles. The Hall–Kier alpha value is -2.53. The summed E-state index contributed by atoms with van der Waals surface area (Å²) in [5.74, 6) is 0.675. The van der Waals surface area contributed by atoms with Crippen molar-refractivity contribution in [3.63, 3.8) is 0 Å². The normalized spacial score (nSPS) is 15.0. The summed E-state index contributed by atoms with van der Waals surface area (Å²) in [7, 11) is 1.61. The molecule has 0 saturated carbocycles. The van der Waals surface area contributed by atoms with Gasteiger partial charge in [0.15, 0.2) is 0 Å². The third kappa shape index (κ3) is 4.51. The molecule has 5 heteroatoms. The fraction of sp³-hybridized carbons (Fsp3) is 0.350. The maximum Gasteiger partial charge on any atom is 0.322 e. The van der Waals surface area contributed by atoms with Crippen LogP contribution in [0.15, 0.2) is 48.5 Å². The molecule has 0 unspecified atom stereocenters. The summed E-state index contributed by atoms with van der Waals surface area (Å²) < 4.78 is 5.29. The van der Waals surface area contributed by atoms with Crippen LogP contribution in [0.4, 0.5) is 10.5 Å². The molecule has 1 N–H and O–H groups in total. The van der Waals surface area contributed by atoms with Crippen LogP contribution in [0, 0.1) is 6.92 Å². The largest absolute Gasteiger partial charge is 0.495 e. The lowest BCUT2D eigenvalue weighted by atomic mass is 10.1. The lowest BCUT2D eigenvalue weighted by molar-refractivity contribution is 0.143. The van der Waals surface area contributed by atoms with Gasteiger partial charge in [-0.3, -0.25) is 4.90 Å². The molecule has 0 bridgehead atoms. The van der Waals surface area contributed by atoms with Gasteiger partial charge in [0, 0.05) is 32.7 Å². The summed E-state index contributed by atoms with van der Waals surface area (Å²) in [5.41, 5.74) is 3.32. The van der Waals surface area contributed by atoms with Crippen LogP contribution in [-0.4, -0.2) is 49.1 Å². The maximum absolute atomic E-state index is 12.5. The summed E-state index contributed by atoms with van der Waals surface area (Å²) in [6.07, 6.45) is 0. The molecule has 0 atom stereocenters. The molecule has 1 aliphatic heterocycles. The van der Waals surface area contributed by atoms with Crippen LogP contribution in [0.2, 0.25) is 0 Å². The highest BCUT2D eigenvalue weighted by Crippen LogP contribution is 2.23. The van der Waals surface area contributed by atoms with E-state index in [-0.39, 0.29) is 6.03 Å². The van der Waals surface area contributed by atoms with E-state index in [4.69, 9.17) is 4.74 Å². The molecule has 2 amide bonds. The minimum Gasteiger partial charge on any atom is -0.495 e. The number of methoxy groups -OCH3 is 1. The highest BCUT2D eigenvalue weighted by Gasteiger charge is 2.21. The number of para-hydroxylation sites is 2. The molecule has 1 fully saturated rings. The van der Waals surface area contributed by atoms with Crippen molar-refractivity contribution in [3.05, 3.63) is 59.7 Å². The SMILES string of the molecule is COc1ccccc1NC(=O)N1CCN(Cc2cccc(C)c2)CC1. The molecule has 25 heavy (non-hydrogen) atoms. The van der Waals surface area contributed by atoms with E-state index in [0.29, 0.717) is 11.4 Å². The van der Waals surface area contributed by atoms with E-state index in [1.54, 1.807) is 7.11 Å². The number of benzene rings is 2. The van der Waals surface area contributed by atoms with Gasteiger partial charge < -0.3 is 15.0 Å². The zero-order valence-corrected chi connectivity index (χ0v) is 14.9. The average Bonchev–Trinajstić information content (AvgIpc) is 2.63. The predicted octanol–water partition coefficient (Wildman–Crippen LogP) is 3.35. The molecule has 0 spiro atoms. The third-order valence-electron chi connectivity index (χ3n) is 4.50. The molecule has 1 saturated heterocycles. The van der Waals surface area contributed by atoms with E-state index in [1.807, 2.05) is 29.2 Å². The Morgan fingerprint density at radius 3 is 2.56 bits per heavy atom. The molecule has 132 valence electrons. The van der Waals surface area contributed by atoms with Gasteiger partial charge in [-0.2, -0.15) is 0 Å². The van der Waals surface area contributed by atoms with Crippen molar-refractivity contribution in [2.45, 2.75) is 13.5 Å². The fourth-order valence-electron chi connectivity index (χ4n) is 3.12. The van der Waals surface area contributed by atoms with Gasteiger partial charge >= 0.3 is 6.03 Å². The number of aryl methyl sites for hydroxylation is 1. The fourth-order valence-corrected chi connectivity index (χ4v) is 3.12. The van der Waals surface area contributed by atoms with Crippen molar-refractivity contribution in [2.24, 2.45) is 0 Å². The zero-order valence-electron chi connectivity index (χ0n) is 14.9. The number of anilines is 1. The van der Waals surface area contributed by atoms with Gasteiger partial charge in [0.25, 0.3) is 0 Å². The molecule has 1 heterocycles. The second kappa shape index (κ2) is 8.03. The topological polar surface area (TPSA) is 44.8 Å². The van der Waals surface area contributed by atoms with E-state index in [0.717, 1.165) is 32.7 Å². The van der Waals surface area contributed by atoms with E-state index in [2.05, 4.69) is 41.4 Å². The predicted molar refractivity (Wildman–Crippen MR) is 100 cm³/mol. The first-order chi connectivity index (χ1) is 12.2. The Morgan fingerprint density at radius 1 is 1.08 bits per heavy atom. The van der Waals surface area contributed by atoms with Gasteiger partial charge in [-0.1, -0.05) is 42.0 Å². The number of amides is 2. The van der Waals surface area contributed by atoms with Gasteiger partial charge in [-0.05, 0) is 24.6 Å². The molecule has 5 nitrogen and oxygen atoms in total. The van der Waals surface area contributed by atoms with Crippen molar-refractivity contribution < 1.29 is 9.53 Å². The summed E-state index contributed by atoms with van der Waals surface area (Å²) in [5, 5.41) is 2.95. The third-order valence-corrected chi connectivity index (χ3v) is 4.50. The number of carbonyl (C=O) groups excluding carboxylic acids is 1. The quantitative estimate of drug-likeness (QED) is 0.929. The number of hydrogen-bond donors (Lipinski definition) is 1. The lowest BCUT2D eigenvalue weighted by Crippen LogP contribution is -2.49. The highest BCUT2D eigenvalue weighted by molar-refractivity contribution is 5.91. The van der Waals surface area contributed by atoms with Gasteiger partial charge in [-0.25, -0.2) is 4.79 Å². The maximum atomic E-state index is 12.5. The second-order valence-electron chi connectivity index (χ2n) is 6.38. The Morgan fingerprint density at radius 2 is 1.84 bits per heavy atom. The van der Waals surface area contributed by atoms with E-state index in [1.165, 1.54) is 11.1 Å². The van der Waals surface area contributed by atoms with Gasteiger partial charge in [0.05, 0.1) is 12.8 Å². The molecule has 0 radical (unpaired) electrons. The van der Waals surface area contributed by atoms with Crippen molar-refractivity contribution in [1.82, 2.24) is 9.80 Å². The van der Waals surface area contributed by atoms with Crippen LogP contribution in [0.25, 0.3) is 0 Å². The highest BCUT2D eigenvalue weighted by atomic mass is 16.5. The van der Waals surface area contributed by atoms with Crippen molar-refractivity contribution in [3.8, 4) is 5.75 Å². The Bertz CT molecular complexity index is 724. The van der Waals surface area contributed by atoms with Gasteiger partial charge in [0.2, 0.25) is 0 Å². The number of piperazine rings is 1. The summed E-state index contributed by atoms with van der Waals surface area (Å²) in [6, 6.07) is 16.0. The lowest BCUT2D eigenvalue weighted by Gasteiger charge is -2.34. The van der Waals surface area contributed by atoms with Crippen LogP contribution in [0.3, 0.4) is 0 Å². The first-order valence-corrected chi connectivity index (χ1v) is 8.62. The average molecular weight is 339 g/mol. The first kappa shape index (κ1) is 17.3. The number of nitrogens with zero attached hydrogens (tertiary/aromatic N) is 2. The van der Waals surface area contributed by atoms with Gasteiger partial charge in [0.1, 0.15) is 5.75 Å². The van der Waals surface area contributed by atoms with Crippen LogP contribution in [-0.2, 0) is 6.54 Å². The molecular weight excluding hydrogens is 314 g/mol.